The van der Waals surface area contributed by atoms with Crippen LogP contribution in [0.3, 0.4) is 0 Å². The number of nitrogens with zero attached hydrogens (tertiary/aromatic N) is 3. The van der Waals surface area contributed by atoms with Gasteiger partial charge in [0.25, 0.3) is 5.72 Å². The fourth-order valence-corrected chi connectivity index (χ4v) is 4.11. The van der Waals surface area contributed by atoms with Crippen LogP contribution in [0.25, 0.3) is 27.5 Å². The Labute approximate surface area is 188 Å². The zero-order valence-electron chi connectivity index (χ0n) is 17.2. The fraction of sp³-hybridized carbons (Fsp3) is 0.0833. The third-order valence-electron chi connectivity index (χ3n) is 5.73. The predicted molar refractivity (Wildman–Crippen MR) is 115 cm³/mol. The average Bonchev–Trinajstić information content (AvgIpc) is 3.42. The molecule has 0 fully saturated rings. The number of benzene rings is 3. The molecule has 2 heterocycles. The standard InChI is InChI=1S/C24H15F4N3O3/c25-17-5-7-18(8-6-17)31-20-9-4-16(12-15(20)13-29-31)23(34,24(26,27)28)30-11-10-14-2-1-3-19(21(14)30)22(32)33/h1-13,34H,(H,32,33). The maximum absolute atomic E-state index is 14.4. The Hall–Kier alpha value is -4.18. The normalized spacial score (nSPS) is 13.9. The van der Waals surface area contributed by atoms with Gasteiger partial charge in [-0.2, -0.15) is 18.3 Å². The van der Waals surface area contributed by atoms with Crippen molar-refractivity contribution >= 4 is 27.8 Å². The van der Waals surface area contributed by atoms with Crippen LogP contribution in [0.2, 0.25) is 0 Å². The number of aliphatic hydroxyl groups is 1. The molecule has 0 radical (unpaired) electrons. The van der Waals surface area contributed by atoms with Crippen molar-refractivity contribution in [3.05, 3.63) is 96.1 Å². The molecule has 0 spiro atoms. The van der Waals surface area contributed by atoms with E-state index in [0.29, 0.717) is 21.2 Å². The lowest BCUT2D eigenvalue weighted by Crippen LogP contribution is -2.48. The summed E-state index contributed by atoms with van der Waals surface area (Å²) in [6.07, 6.45) is -2.86. The van der Waals surface area contributed by atoms with Crippen LogP contribution in [0.15, 0.2) is 79.1 Å². The monoisotopic (exact) mass is 469 g/mol. The van der Waals surface area contributed by atoms with Crippen molar-refractivity contribution in [3.8, 4) is 5.69 Å². The van der Waals surface area contributed by atoms with E-state index in [9.17, 15) is 32.6 Å². The van der Waals surface area contributed by atoms with Crippen molar-refractivity contribution in [1.82, 2.24) is 14.3 Å². The van der Waals surface area contributed by atoms with Gasteiger partial charge in [0.2, 0.25) is 0 Å². The minimum Gasteiger partial charge on any atom is -0.478 e. The van der Waals surface area contributed by atoms with Crippen LogP contribution in [-0.2, 0) is 5.72 Å². The molecule has 1 unspecified atom stereocenters. The van der Waals surface area contributed by atoms with Crippen LogP contribution in [0, 0.1) is 5.82 Å². The Kier molecular flexibility index (Phi) is 4.73. The highest BCUT2D eigenvalue weighted by molar-refractivity contribution is 6.02. The molecule has 0 aliphatic heterocycles. The Bertz CT molecular complexity index is 1550. The Morgan fingerprint density at radius 3 is 2.35 bits per heavy atom. The molecule has 5 aromatic rings. The summed E-state index contributed by atoms with van der Waals surface area (Å²) in [7, 11) is 0. The first-order valence-electron chi connectivity index (χ1n) is 9.98. The van der Waals surface area contributed by atoms with Crippen molar-refractivity contribution in [2.75, 3.05) is 0 Å². The molecular formula is C24H15F4N3O3. The predicted octanol–water partition coefficient (Wildman–Crippen LogP) is 5.07. The van der Waals surface area contributed by atoms with E-state index in [-0.39, 0.29) is 16.5 Å². The van der Waals surface area contributed by atoms with E-state index in [4.69, 9.17) is 0 Å². The number of para-hydroxylation sites is 1. The van der Waals surface area contributed by atoms with Crippen LogP contribution in [-0.4, -0.2) is 36.7 Å². The molecule has 34 heavy (non-hydrogen) atoms. The summed E-state index contributed by atoms with van der Waals surface area (Å²) in [4.78, 5) is 11.7. The van der Waals surface area contributed by atoms with Gasteiger partial charge < -0.3 is 14.8 Å². The number of rotatable bonds is 4. The molecule has 2 aromatic heterocycles. The van der Waals surface area contributed by atoms with E-state index in [1.807, 2.05) is 0 Å². The molecule has 0 aliphatic rings. The molecule has 0 bridgehead atoms. The summed E-state index contributed by atoms with van der Waals surface area (Å²) >= 11 is 0. The maximum atomic E-state index is 14.4. The molecule has 1 atom stereocenters. The highest BCUT2D eigenvalue weighted by atomic mass is 19.4. The highest BCUT2D eigenvalue weighted by Gasteiger charge is 2.57. The minimum absolute atomic E-state index is 0.229. The number of alkyl halides is 3. The molecule has 2 N–H and O–H groups in total. The molecule has 0 saturated carbocycles. The van der Waals surface area contributed by atoms with Gasteiger partial charge in [-0.15, -0.1) is 0 Å². The zero-order valence-corrected chi connectivity index (χ0v) is 17.2. The molecule has 0 amide bonds. The number of hydrogen-bond acceptors (Lipinski definition) is 3. The van der Waals surface area contributed by atoms with E-state index in [1.54, 1.807) is 0 Å². The summed E-state index contributed by atoms with van der Waals surface area (Å²) in [5.74, 6) is -1.87. The van der Waals surface area contributed by atoms with Gasteiger partial charge in [-0.3, -0.25) is 0 Å². The van der Waals surface area contributed by atoms with Gasteiger partial charge in [-0.1, -0.05) is 18.2 Å². The number of aromatic carboxylic acids is 1. The van der Waals surface area contributed by atoms with Crippen LogP contribution in [0.5, 0.6) is 0 Å². The summed E-state index contributed by atoms with van der Waals surface area (Å²) in [6.45, 7) is 0. The minimum atomic E-state index is -5.20. The number of hydrogen-bond donors (Lipinski definition) is 2. The lowest BCUT2D eigenvalue weighted by Gasteiger charge is -2.33. The van der Waals surface area contributed by atoms with Crippen molar-refractivity contribution in [1.29, 1.82) is 0 Å². The number of carbonyl (C=O) groups is 1. The van der Waals surface area contributed by atoms with E-state index < -0.39 is 29.3 Å². The summed E-state index contributed by atoms with van der Waals surface area (Å²) in [6, 6.07) is 14.4. The first kappa shape index (κ1) is 21.7. The lowest BCUT2D eigenvalue weighted by atomic mass is 9.99. The molecule has 172 valence electrons. The second-order valence-corrected chi connectivity index (χ2v) is 7.71. The molecular weight excluding hydrogens is 454 g/mol. The number of carboxylic acids is 1. The van der Waals surface area contributed by atoms with Gasteiger partial charge in [-0.25, -0.2) is 13.9 Å². The molecule has 10 heteroatoms. The molecule has 6 nitrogen and oxygen atoms in total. The van der Waals surface area contributed by atoms with Crippen LogP contribution < -0.4 is 0 Å². The average molecular weight is 469 g/mol. The fourth-order valence-electron chi connectivity index (χ4n) is 4.11. The third-order valence-corrected chi connectivity index (χ3v) is 5.73. The zero-order chi connectivity index (χ0) is 24.3. The van der Waals surface area contributed by atoms with Crippen LogP contribution in [0.4, 0.5) is 17.6 Å². The molecule has 0 aliphatic carbocycles. The van der Waals surface area contributed by atoms with Gasteiger partial charge in [0, 0.05) is 22.5 Å². The SMILES string of the molecule is O=C(O)c1cccc2ccn(C(O)(c3ccc4c(cnn4-c4ccc(F)cc4)c3)C(F)(F)F)c12. The quantitative estimate of drug-likeness (QED) is 0.360. The topological polar surface area (TPSA) is 80.3 Å². The smallest absolute Gasteiger partial charge is 0.441 e. The Balaban J connectivity index is 1.73. The van der Waals surface area contributed by atoms with Gasteiger partial charge in [-0.05, 0) is 48.5 Å². The van der Waals surface area contributed by atoms with E-state index in [0.717, 1.165) is 18.3 Å². The highest BCUT2D eigenvalue weighted by Crippen LogP contribution is 2.43. The van der Waals surface area contributed by atoms with E-state index in [2.05, 4.69) is 5.10 Å². The maximum Gasteiger partial charge on any atom is 0.441 e. The van der Waals surface area contributed by atoms with Gasteiger partial charge in [0.05, 0.1) is 28.5 Å². The largest absolute Gasteiger partial charge is 0.478 e. The van der Waals surface area contributed by atoms with Crippen molar-refractivity contribution in [2.24, 2.45) is 0 Å². The Morgan fingerprint density at radius 2 is 1.68 bits per heavy atom. The summed E-state index contributed by atoms with van der Waals surface area (Å²) in [5, 5.41) is 25.4. The van der Waals surface area contributed by atoms with Crippen molar-refractivity contribution in [3.63, 3.8) is 0 Å². The molecule has 3 aromatic carbocycles. The van der Waals surface area contributed by atoms with Crippen LogP contribution >= 0.6 is 0 Å². The van der Waals surface area contributed by atoms with Crippen molar-refractivity contribution < 1.29 is 32.6 Å². The first-order valence-corrected chi connectivity index (χ1v) is 9.98. The second-order valence-electron chi connectivity index (χ2n) is 7.71. The summed E-state index contributed by atoms with van der Waals surface area (Å²) < 4.78 is 58.6. The Morgan fingerprint density at radius 1 is 0.941 bits per heavy atom. The molecule has 0 saturated heterocycles. The number of carboxylic acid groups (broad SMARTS) is 1. The van der Waals surface area contributed by atoms with Crippen molar-refractivity contribution in [2.45, 2.75) is 11.9 Å². The number of fused-ring (bicyclic) bond motifs is 2. The summed E-state index contributed by atoms with van der Waals surface area (Å²) in [5.41, 5.74) is -3.80. The molecule has 5 rings (SSSR count). The van der Waals surface area contributed by atoms with Gasteiger partial charge in [0.1, 0.15) is 5.82 Å². The van der Waals surface area contributed by atoms with Crippen LogP contribution in [0.1, 0.15) is 15.9 Å². The van der Waals surface area contributed by atoms with Gasteiger partial charge >= 0.3 is 12.1 Å². The third kappa shape index (κ3) is 3.14. The van der Waals surface area contributed by atoms with E-state index in [1.165, 1.54) is 65.5 Å². The lowest BCUT2D eigenvalue weighted by molar-refractivity contribution is -0.277. The second kappa shape index (κ2) is 7.42. The van der Waals surface area contributed by atoms with E-state index >= 15 is 0 Å². The van der Waals surface area contributed by atoms with Gasteiger partial charge in [0.15, 0.2) is 0 Å². The number of halogens is 4. The first-order chi connectivity index (χ1) is 16.1. The number of aromatic nitrogens is 3.